The summed E-state index contributed by atoms with van der Waals surface area (Å²) in [6.45, 7) is 5.19. The van der Waals surface area contributed by atoms with Gasteiger partial charge in [0.25, 0.3) is 0 Å². The number of benzene rings is 1. The third-order valence-corrected chi connectivity index (χ3v) is 5.75. The molecule has 28 heavy (non-hydrogen) atoms. The van der Waals surface area contributed by atoms with Gasteiger partial charge in [-0.25, -0.2) is 4.79 Å². The highest BCUT2D eigenvalue weighted by atomic mass is 16.2. The average Bonchev–Trinajstić information content (AvgIpc) is 2.93. The van der Waals surface area contributed by atoms with E-state index in [-0.39, 0.29) is 36.0 Å². The van der Waals surface area contributed by atoms with Crippen LogP contribution in [0.1, 0.15) is 39.5 Å². The molecule has 2 amide bonds. The first-order valence-electron chi connectivity index (χ1n) is 10.2. The fourth-order valence-corrected chi connectivity index (χ4v) is 3.94. The van der Waals surface area contributed by atoms with Crippen LogP contribution < -0.4 is 11.0 Å². The number of nitrogens with one attached hydrogen (secondary N) is 1. The Hall–Kier alpha value is -2.57. The SMILES string of the molecule is CCCCNC(=O)C1CCC(C)N(C(=O)Cn2c(=O)n(C)c3ccccc32)C1. The van der Waals surface area contributed by atoms with Crippen LogP contribution in [0.5, 0.6) is 0 Å². The van der Waals surface area contributed by atoms with Crippen molar-refractivity contribution in [3.8, 4) is 0 Å². The van der Waals surface area contributed by atoms with Crippen molar-refractivity contribution in [3.05, 3.63) is 34.7 Å². The third kappa shape index (κ3) is 3.98. The molecule has 0 saturated carbocycles. The zero-order valence-corrected chi connectivity index (χ0v) is 17.0. The molecule has 1 aliphatic heterocycles. The smallest absolute Gasteiger partial charge is 0.329 e. The molecule has 2 heterocycles. The third-order valence-electron chi connectivity index (χ3n) is 5.75. The molecule has 0 radical (unpaired) electrons. The maximum Gasteiger partial charge on any atom is 0.329 e. The van der Waals surface area contributed by atoms with E-state index < -0.39 is 0 Å². The van der Waals surface area contributed by atoms with Gasteiger partial charge >= 0.3 is 5.69 Å². The van der Waals surface area contributed by atoms with Gasteiger partial charge in [0.15, 0.2) is 0 Å². The van der Waals surface area contributed by atoms with Crippen molar-refractivity contribution in [1.82, 2.24) is 19.4 Å². The van der Waals surface area contributed by atoms with E-state index in [0.717, 1.165) is 36.7 Å². The average molecular weight is 386 g/mol. The lowest BCUT2D eigenvalue weighted by Crippen LogP contribution is -2.50. The predicted octanol–water partition coefficient (Wildman–Crippen LogP) is 1.88. The van der Waals surface area contributed by atoms with Crippen LogP contribution in [0.25, 0.3) is 11.0 Å². The molecule has 1 N–H and O–H groups in total. The molecule has 2 aromatic rings. The van der Waals surface area contributed by atoms with Gasteiger partial charge in [0.1, 0.15) is 6.54 Å². The van der Waals surface area contributed by atoms with Gasteiger partial charge in [-0.3, -0.25) is 18.7 Å². The van der Waals surface area contributed by atoms with Gasteiger partial charge in [-0.05, 0) is 38.3 Å². The molecule has 152 valence electrons. The lowest BCUT2D eigenvalue weighted by Gasteiger charge is -2.37. The van der Waals surface area contributed by atoms with E-state index >= 15 is 0 Å². The van der Waals surface area contributed by atoms with Crippen molar-refractivity contribution in [2.75, 3.05) is 13.1 Å². The zero-order chi connectivity index (χ0) is 20.3. The number of fused-ring (bicyclic) bond motifs is 1. The number of amides is 2. The Morgan fingerprint density at radius 1 is 1.18 bits per heavy atom. The maximum absolute atomic E-state index is 13.0. The molecule has 2 atom stereocenters. The number of hydrogen-bond donors (Lipinski definition) is 1. The number of nitrogens with zero attached hydrogens (tertiary/aromatic N) is 3. The number of imidazole rings is 1. The minimum Gasteiger partial charge on any atom is -0.356 e. The number of carbonyl (C=O) groups excluding carboxylic acids is 2. The molecule has 7 heteroatoms. The molecule has 0 aliphatic carbocycles. The molecular formula is C21H30N4O3. The number of aryl methyl sites for hydroxylation is 1. The Bertz CT molecular complexity index is 914. The molecule has 7 nitrogen and oxygen atoms in total. The van der Waals surface area contributed by atoms with Gasteiger partial charge in [-0.15, -0.1) is 0 Å². The van der Waals surface area contributed by atoms with Crippen LogP contribution in [0.3, 0.4) is 0 Å². The summed E-state index contributed by atoms with van der Waals surface area (Å²) in [5.74, 6) is -0.265. The van der Waals surface area contributed by atoms with Crippen LogP contribution in [0, 0.1) is 5.92 Å². The van der Waals surface area contributed by atoms with Crippen LogP contribution in [0.4, 0.5) is 0 Å². The Labute approximate surface area is 165 Å². The quantitative estimate of drug-likeness (QED) is 0.770. The fraction of sp³-hybridized carbons (Fsp3) is 0.571. The first kappa shape index (κ1) is 20.2. The number of rotatable bonds is 6. The molecule has 1 aliphatic rings. The van der Waals surface area contributed by atoms with E-state index in [9.17, 15) is 14.4 Å². The Morgan fingerprint density at radius 2 is 1.89 bits per heavy atom. The topological polar surface area (TPSA) is 76.3 Å². The second kappa shape index (κ2) is 8.63. The largest absolute Gasteiger partial charge is 0.356 e. The lowest BCUT2D eigenvalue weighted by molar-refractivity contribution is -0.138. The minimum absolute atomic E-state index is 0.00526. The van der Waals surface area contributed by atoms with Gasteiger partial charge in [-0.2, -0.15) is 0 Å². The van der Waals surface area contributed by atoms with Crippen LogP contribution >= 0.6 is 0 Å². The number of hydrogen-bond acceptors (Lipinski definition) is 3. The molecule has 1 fully saturated rings. The molecular weight excluding hydrogens is 356 g/mol. The molecule has 2 unspecified atom stereocenters. The number of unbranched alkanes of at least 4 members (excludes halogenated alkanes) is 1. The van der Waals surface area contributed by atoms with Crippen LogP contribution in [-0.2, 0) is 23.2 Å². The number of para-hydroxylation sites is 2. The summed E-state index contributed by atoms with van der Waals surface area (Å²) in [6.07, 6.45) is 3.58. The van der Waals surface area contributed by atoms with Crippen molar-refractivity contribution in [1.29, 1.82) is 0 Å². The van der Waals surface area contributed by atoms with E-state index in [4.69, 9.17) is 0 Å². The molecule has 1 saturated heterocycles. The van der Waals surface area contributed by atoms with E-state index in [0.29, 0.717) is 13.1 Å². The van der Waals surface area contributed by atoms with Gasteiger partial charge in [0.05, 0.1) is 17.0 Å². The first-order valence-corrected chi connectivity index (χ1v) is 10.2. The monoisotopic (exact) mass is 386 g/mol. The van der Waals surface area contributed by atoms with Crippen molar-refractivity contribution in [2.45, 2.75) is 52.1 Å². The summed E-state index contributed by atoms with van der Waals surface area (Å²) in [7, 11) is 1.71. The number of carbonyl (C=O) groups is 2. The van der Waals surface area contributed by atoms with Crippen molar-refractivity contribution in [2.24, 2.45) is 13.0 Å². The van der Waals surface area contributed by atoms with Crippen molar-refractivity contribution < 1.29 is 9.59 Å². The summed E-state index contributed by atoms with van der Waals surface area (Å²) in [4.78, 5) is 39.8. The molecule has 1 aromatic carbocycles. The zero-order valence-electron chi connectivity index (χ0n) is 17.0. The highest BCUT2D eigenvalue weighted by molar-refractivity contribution is 5.83. The van der Waals surface area contributed by atoms with E-state index in [1.54, 1.807) is 16.5 Å². The Morgan fingerprint density at radius 3 is 2.61 bits per heavy atom. The van der Waals surface area contributed by atoms with E-state index in [1.165, 1.54) is 4.57 Å². The second-order valence-electron chi connectivity index (χ2n) is 7.73. The predicted molar refractivity (Wildman–Crippen MR) is 109 cm³/mol. The highest BCUT2D eigenvalue weighted by Gasteiger charge is 2.32. The number of piperidine rings is 1. The van der Waals surface area contributed by atoms with Crippen LogP contribution in [0.15, 0.2) is 29.1 Å². The molecule has 0 bridgehead atoms. The van der Waals surface area contributed by atoms with Crippen molar-refractivity contribution >= 4 is 22.8 Å². The number of aromatic nitrogens is 2. The molecule has 1 aromatic heterocycles. The van der Waals surface area contributed by atoms with Gasteiger partial charge < -0.3 is 10.2 Å². The summed E-state index contributed by atoms with van der Waals surface area (Å²) < 4.78 is 3.08. The van der Waals surface area contributed by atoms with Gasteiger partial charge in [0, 0.05) is 26.2 Å². The van der Waals surface area contributed by atoms with E-state index in [1.807, 2.05) is 31.2 Å². The summed E-state index contributed by atoms with van der Waals surface area (Å²) in [6, 6.07) is 7.54. The van der Waals surface area contributed by atoms with E-state index in [2.05, 4.69) is 12.2 Å². The Balaban J connectivity index is 1.74. The van der Waals surface area contributed by atoms with Crippen LogP contribution in [0.2, 0.25) is 0 Å². The highest BCUT2D eigenvalue weighted by Crippen LogP contribution is 2.23. The minimum atomic E-state index is -0.201. The first-order chi connectivity index (χ1) is 13.4. The normalized spacial score (nSPS) is 19.8. The van der Waals surface area contributed by atoms with Crippen LogP contribution in [-0.4, -0.2) is 45.0 Å². The second-order valence-corrected chi connectivity index (χ2v) is 7.73. The summed E-state index contributed by atoms with van der Waals surface area (Å²) in [5, 5.41) is 2.98. The molecule has 3 rings (SSSR count). The summed E-state index contributed by atoms with van der Waals surface area (Å²) in [5.41, 5.74) is 1.36. The fourth-order valence-electron chi connectivity index (χ4n) is 3.94. The van der Waals surface area contributed by atoms with Gasteiger partial charge in [-0.1, -0.05) is 25.5 Å². The van der Waals surface area contributed by atoms with Gasteiger partial charge in [0.2, 0.25) is 11.8 Å². The molecule has 0 spiro atoms. The maximum atomic E-state index is 13.0. The Kier molecular flexibility index (Phi) is 6.21. The standard InChI is InChI=1S/C21H30N4O3/c1-4-5-12-22-20(27)16-11-10-15(2)24(13-16)19(26)14-25-18-9-7-6-8-17(18)23(3)21(25)28/h6-9,15-16H,4-5,10-14H2,1-3H3,(H,22,27). The summed E-state index contributed by atoms with van der Waals surface area (Å²) >= 11 is 0. The lowest BCUT2D eigenvalue weighted by atomic mass is 9.92. The van der Waals surface area contributed by atoms with Crippen molar-refractivity contribution in [3.63, 3.8) is 0 Å². The number of likely N-dealkylation sites (tertiary alicyclic amines) is 1.